The highest BCUT2D eigenvalue weighted by atomic mass is 32.1. The monoisotopic (exact) mass is 144 g/mol. The van der Waals surface area contributed by atoms with E-state index in [4.69, 9.17) is 5.11 Å². The first-order valence-corrected chi connectivity index (χ1v) is 2.63. The number of aromatic hydroxyl groups is 1. The molecule has 1 rings (SSSR count). The number of aromatic nitrogens is 2. The molecule has 0 saturated carbocycles. The summed E-state index contributed by atoms with van der Waals surface area (Å²) >= 11 is 3.72. The van der Waals surface area contributed by atoms with E-state index < -0.39 is 0 Å². The highest BCUT2D eigenvalue weighted by Crippen LogP contribution is 2.01. The largest absolute Gasteiger partial charge is 0.593 e. The molecule has 0 aliphatic heterocycles. The molecule has 0 atom stereocenters. The molecule has 0 unspecified atom stereocenters. The fourth-order valence-electron chi connectivity index (χ4n) is 0.390. The molecule has 0 spiro atoms. The summed E-state index contributed by atoms with van der Waals surface area (Å²) < 4.78 is 0. The van der Waals surface area contributed by atoms with Crippen LogP contribution in [0.4, 0.5) is 0 Å². The maximum Gasteiger partial charge on any atom is 0.278 e. The zero-order valence-corrected chi connectivity index (χ0v) is 5.25. The predicted molar refractivity (Wildman–Crippen MR) is 32.1 cm³/mol. The van der Waals surface area contributed by atoms with Crippen LogP contribution >= 0.6 is 12.6 Å². The van der Waals surface area contributed by atoms with Crippen LogP contribution in [0.3, 0.4) is 0 Å². The van der Waals surface area contributed by atoms with Crippen molar-refractivity contribution < 1.29 is 9.95 Å². The zero-order chi connectivity index (χ0) is 6.85. The van der Waals surface area contributed by atoms with E-state index in [1.54, 1.807) is 0 Å². The van der Waals surface area contributed by atoms with E-state index in [1.165, 1.54) is 12.1 Å². The smallest absolute Gasteiger partial charge is 0.278 e. The summed E-state index contributed by atoms with van der Waals surface area (Å²) in [4.78, 5) is 0.235. The van der Waals surface area contributed by atoms with Gasteiger partial charge in [-0.15, -0.1) is 0 Å². The summed E-state index contributed by atoms with van der Waals surface area (Å²) in [7, 11) is 0. The Labute approximate surface area is 56.7 Å². The second-order valence-electron chi connectivity index (χ2n) is 1.42. The summed E-state index contributed by atoms with van der Waals surface area (Å²) in [6, 6.07) is 2.65. The van der Waals surface area contributed by atoms with Crippen molar-refractivity contribution in [2.24, 2.45) is 0 Å². The maximum atomic E-state index is 10.4. The molecule has 0 aliphatic carbocycles. The van der Waals surface area contributed by atoms with Crippen LogP contribution in [0.1, 0.15) is 0 Å². The minimum absolute atomic E-state index is 0.160. The molecule has 1 aromatic heterocycles. The topological polar surface area (TPSA) is 60.1 Å². The Kier molecular flexibility index (Phi) is 1.44. The van der Waals surface area contributed by atoms with Crippen molar-refractivity contribution in [2.45, 2.75) is 5.03 Å². The van der Waals surface area contributed by atoms with Gasteiger partial charge in [0.15, 0.2) is 0 Å². The van der Waals surface area contributed by atoms with Crippen molar-refractivity contribution in [1.29, 1.82) is 0 Å². The molecule has 4 nitrogen and oxygen atoms in total. The predicted octanol–water partition coefficient (Wildman–Crippen LogP) is -0.291. The molecule has 48 valence electrons. The van der Waals surface area contributed by atoms with Gasteiger partial charge < -0.3 is 10.3 Å². The van der Waals surface area contributed by atoms with Crippen LogP contribution in [0.15, 0.2) is 17.2 Å². The minimum atomic E-state index is -0.303. The standard InChI is InChI=1S/C4H4N2O2S/c7-3-1-2-4(9)6(8)5-3/h1-2,9H,(H,5,7). The number of hydrogen-bond acceptors (Lipinski definition) is 4. The first kappa shape index (κ1) is 6.15. The van der Waals surface area contributed by atoms with Gasteiger partial charge in [0.25, 0.3) is 10.9 Å². The lowest BCUT2D eigenvalue weighted by molar-refractivity contribution is -0.706. The Morgan fingerprint density at radius 2 is 2.33 bits per heavy atom. The number of hydrogen-bond donors (Lipinski definition) is 2. The van der Waals surface area contributed by atoms with Crippen LogP contribution in [0.25, 0.3) is 0 Å². The molecule has 9 heavy (non-hydrogen) atoms. The fourth-order valence-corrected chi connectivity index (χ4v) is 0.510. The van der Waals surface area contributed by atoms with Gasteiger partial charge in [-0.1, -0.05) is 12.6 Å². The van der Waals surface area contributed by atoms with Crippen LogP contribution < -0.4 is 4.85 Å². The van der Waals surface area contributed by atoms with Crippen molar-refractivity contribution in [3.63, 3.8) is 0 Å². The average Bonchev–Trinajstić information content (AvgIpc) is 1.80. The highest BCUT2D eigenvalue weighted by Gasteiger charge is 2.00. The third kappa shape index (κ3) is 1.23. The maximum absolute atomic E-state index is 10.4. The van der Waals surface area contributed by atoms with Crippen LogP contribution in [0.2, 0.25) is 0 Å². The van der Waals surface area contributed by atoms with E-state index >= 15 is 0 Å². The van der Waals surface area contributed by atoms with Gasteiger partial charge >= 0.3 is 0 Å². The van der Waals surface area contributed by atoms with E-state index in [0.717, 1.165) is 0 Å². The molecular weight excluding hydrogens is 140 g/mol. The third-order valence-electron chi connectivity index (χ3n) is 0.771. The van der Waals surface area contributed by atoms with E-state index in [-0.39, 0.29) is 15.8 Å². The van der Waals surface area contributed by atoms with Gasteiger partial charge in [0.2, 0.25) is 0 Å². The molecule has 0 aromatic carbocycles. The van der Waals surface area contributed by atoms with Gasteiger partial charge in [0, 0.05) is 12.1 Å². The molecule has 1 N–H and O–H groups in total. The van der Waals surface area contributed by atoms with Crippen molar-refractivity contribution in [1.82, 2.24) is 5.10 Å². The van der Waals surface area contributed by atoms with E-state index in [1.807, 2.05) is 0 Å². The van der Waals surface area contributed by atoms with Crippen LogP contribution in [-0.2, 0) is 0 Å². The third-order valence-corrected chi connectivity index (χ3v) is 1.09. The van der Waals surface area contributed by atoms with Crippen LogP contribution in [0.5, 0.6) is 5.88 Å². The molecule has 1 aromatic rings. The first-order valence-electron chi connectivity index (χ1n) is 2.19. The molecule has 5 heteroatoms. The average molecular weight is 144 g/mol. The molecule has 0 fully saturated rings. The van der Waals surface area contributed by atoms with Crippen LogP contribution in [0, 0.1) is 5.21 Å². The fraction of sp³-hybridized carbons (Fsp3) is 0. The second-order valence-corrected chi connectivity index (χ2v) is 1.88. The number of nitrogens with zero attached hydrogens (tertiary/aromatic N) is 2. The SMILES string of the molecule is [O-][n+]1nc(O)ccc1S. The Balaban J connectivity index is 3.17. The summed E-state index contributed by atoms with van der Waals surface area (Å²) in [6.07, 6.45) is 0. The van der Waals surface area contributed by atoms with Crippen molar-refractivity contribution in [3.8, 4) is 5.88 Å². The summed E-state index contributed by atoms with van der Waals surface area (Å²) in [5.74, 6) is -0.303. The minimum Gasteiger partial charge on any atom is -0.593 e. The van der Waals surface area contributed by atoms with Crippen molar-refractivity contribution in [3.05, 3.63) is 17.3 Å². The van der Waals surface area contributed by atoms with Crippen molar-refractivity contribution in [2.75, 3.05) is 0 Å². The Morgan fingerprint density at radius 3 is 2.78 bits per heavy atom. The van der Waals surface area contributed by atoms with Crippen LogP contribution in [-0.4, -0.2) is 10.2 Å². The quantitative estimate of drug-likeness (QED) is 0.299. The number of rotatable bonds is 0. The van der Waals surface area contributed by atoms with Gasteiger partial charge in [-0.05, 0) is 4.85 Å². The molecule has 0 aliphatic rings. The lowest BCUT2D eigenvalue weighted by Gasteiger charge is -1.93. The molecule has 0 bridgehead atoms. The van der Waals surface area contributed by atoms with Gasteiger partial charge in [-0.25, -0.2) is 0 Å². The normalized spacial score (nSPS) is 9.44. The lowest BCUT2D eigenvalue weighted by Crippen LogP contribution is -2.32. The Morgan fingerprint density at radius 1 is 1.67 bits per heavy atom. The van der Waals surface area contributed by atoms with Gasteiger partial charge in [0.1, 0.15) is 0 Å². The zero-order valence-electron chi connectivity index (χ0n) is 4.35. The molecule has 0 amide bonds. The van der Waals surface area contributed by atoms with E-state index in [0.29, 0.717) is 0 Å². The molecule has 0 saturated heterocycles. The van der Waals surface area contributed by atoms with E-state index in [2.05, 4.69) is 17.7 Å². The number of thiol groups is 1. The summed E-state index contributed by atoms with van der Waals surface area (Å²) in [5, 5.41) is 22.3. The highest BCUT2D eigenvalue weighted by molar-refractivity contribution is 7.80. The molecule has 1 heterocycles. The van der Waals surface area contributed by atoms with E-state index in [9.17, 15) is 5.21 Å². The summed E-state index contributed by atoms with van der Waals surface area (Å²) in [6.45, 7) is 0. The van der Waals surface area contributed by atoms with Gasteiger partial charge in [-0.2, -0.15) is 0 Å². The van der Waals surface area contributed by atoms with Crippen molar-refractivity contribution >= 4 is 12.6 Å². The Hall–Kier alpha value is -0.970. The van der Waals surface area contributed by atoms with Gasteiger partial charge in [0.05, 0.1) is 5.10 Å². The lowest BCUT2D eigenvalue weighted by atomic mass is 10.6. The summed E-state index contributed by atoms with van der Waals surface area (Å²) in [5.41, 5.74) is 0. The van der Waals surface area contributed by atoms with Gasteiger partial charge in [-0.3, -0.25) is 0 Å². The molecule has 0 radical (unpaired) electrons. The molecular formula is C4H4N2O2S. The Bertz CT molecular complexity index is 228. The first-order chi connectivity index (χ1) is 4.20. The second kappa shape index (κ2) is 2.10.